The summed E-state index contributed by atoms with van der Waals surface area (Å²) in [6, 6.07) is 7.67. The molecule has 1 aromatic carbocycles. The van der Waals surface area contributed by atoms with Gasteiger partial charge in [-0.15, -0.1) is 0 Å². The zero-order chi connectivity index (χ0) is 13.9. The maximum absolute atomic E-state index is 12.5. The van der Waals surface area contributed by atoms with Crippen LogP contribution in [-0.4, -0.2) is 36.6 Å². The number of amides is 1. The Morgan fingerprint density at radius 3 is 2.75 bits per heavy atom. The third-order valence-corrected chi connectivity index (χ3v) is 3.50. The second kappa shape index (κ2) is 5.41. The summed E-state index contributed by atoms with van der Waals surface area (Å²) < 4.78 is 11.0. The number of nitrogens with zero attached hydrogens (tertiary/aromatic N) is 2. The third kappa shape index (κ3) is 2.55. The van der Waals surface area contributed by atoms with E-state index in [2.05, 4.69) is 6.07 Å². The summed E-state index contributed by atoms with van der Waals surface area (Å²) in [6.07, 6.45) is 2.43. The van der Waals surface area contributed by atoms with Gasteiger partial charge in [0.25, 0.3) is 5.91 Å². The highest BCUT2D eigenvalue weighted by atomic mass is 16.6. The van der Waals surface area contributed by atoms with Gasteiger partial charge >= 0.3 is 0 Å². The van der Waals surface area contributed by atoms with E-state index in [0.717, 1.165) is 12.8 Å². The Morgan fingerprint density at radius 1 is 1.30 bits per heavy atom. The standard InChI is InChI=1S/C15H16N2O3/c16-6-1-7-17(12-3-4-12)15(18)11-2-5-13-14(10-11)20-9-8-19-13/h2,5,10,12H,1,3-4,7-9H2. The van der Waals surface area contributed by atoms with Crippen LogP contribution < -0.4 is 9.47 Å². The van der Waals surface area contributed by atoms with Gasteiger partial charge in [0.1, 0.15) is 13.2 Å². The van der Waals surface area contributed by atoms with Crippen molar-refractivity contribution in [2.75, 3.05) is 19.8 Å². The summed E-state index contributed by atoms with van der Waals surface area (Å²) in [4.78, 5) is 14.3. The van der Waals surface area contributed by atoms with Gasteiger partial charge < -0.3 is 14.4 Å². The molecule has 1 aliphatic carbocycles. The molecule has 0 atom stereocenters. The van der Waals surface area contributed by atoms with E-state index in [1.807, 2.05) is 0 Å². The second-order valence-electron chi connectivity index (χ2n) is 5.00. The predicted molar refractivity (Wildman–Crippen MR) is 71.7 cm³/mol. The number of fused-ring (bicyclic) bond motifs is 1. The molecule has 0 unspecified atom stereocenters. The first kappa shape index (κ1) is 12.8. The van der Waals surface area contributed by atoms with Crippen LogP contribution >= 0.6 is 0 Å². The molecule has 20 heavy (non-hydrogen) atoms. The van der Waals surface area contributed by atoms with Crippen LogP contribution in [0.1, 0.15) is 29.6 Å². The van der Waals surface area contributed by atoms with Crippen molar-refractivity contribution in [2.24, 2.45) is 0 Å². The number of carbonyl (C=O) groups is 1. The molecule has 0 bridgehead atoms. The lowest BCUT2D eigenvalue weighted by Gasteiger charge is -2.23. The number of benzene rings is 1. The van der Waals surface area contributed by atoms with Crippen LogP contribution in [0.2, 0.25) is 0 Å². The summed E-state index contributed by atoms with van der Waals surface area (Å²) >= 11 is 0. The van der Waals surface area contributed by atoms with E-state index in [9.17, 15) is 4.79 Å². The monoisotopic (exact) mass is 272 g/mol. The van der Waals surface area contributed by atoms with Crippen LogP contribution in [0.3, 0.4) is 0 Å². The Bertz CT molecular complexity index is 561. The van der Waals surface area contributed by atoms with Gasteiger partial charge in [0, 0.05) is 18.2 Å². The zero-order valence-electron chi connectivity index (χ0n) is 11.2. The maximum Gasteiger partial charge on any atom is 0.254 e. The second-order valence-corrected chi connectivity index (χ2v) is 5.00. The first-order chi connectivity index (χ1) is 9.79. The van der Waals surface area contributed by atoms with Crippen molar-refractivity contribution >= 4 is 5.91 Å². The minimum absolute atomic E-state index is 0.0280. The van der Waals surface area contributed by atoms with Crippen molar-refractivity contribution in [1.29, 1.82) is 5.26 Å². The Labute approximate surface area is 117 Å². The number of hydrogen-bond donors (Lipinski definition) is 0. The lowest BCUT2D eigenvalue weighted by atomic mass is 10.1. The molecule has 1 aromatic rings. The fourth-order valence-electron chi connectivity index (χ4n) is 2.35. The Kier molecular flexibility index (Phi) is 3.46. The smallest absolute Gasteiger partial charge is 0.254 e. The molecule has 2 aliphatic rings. The molecule has 5 heteroatoms. The fraction of sp³-hybridized carbons (Fsp3) is 0.467. The van der Waals surface area contributed by atoms with E-state index in [0.29, 0.717) is 49.3 Å². The quantitative estimate of drug-likeness (QED) is 0.840. The van der Waals surface area contributed by atoms with Gasteiger partial charge in [-0.2, -0.15) is 5.26 Å². The van der Waals surface area contributed by atoms with Crippen molar-refractivity contribution in [3.8, 4) is 17.6 Å². The molecule has 1 saturated carbocycles. The highest BCUT2D eigenvalue weighted by Gasteiger charge is 2.33. The molecular formula is C15H16N2O3. The van der Waals surface area contributed by atoms with Gasteiger partial charge in [0.15, 0.2) is 11.5 Å². The summed E-state index contributed by atoms with van der Waals surface area (Å²) in [5, 5.41) is 8.70. The number of nitriles is 1. The van der Waals surface area contributed by atoms with E-state index in [1.54, 1.807) is 23.1 Å². The lowest BCUT2D eigenvalue weighted by molar-refractivity contribution is 0.0745. The Hall–Kier alpha value is -2.22. The van der Waals surface area contributed by atoms with Crippen LogP contribution in [0.5, 0.6) is 11.5 Å². The van der Waals surface area contributed by atoms with Crippen LogP contribution in [-0.2, 0) is 0 Å². The minimum Gasteiger partial charge on any atom is -0.486 e. The first-order valence-electron chi connectivity index (χ1n) is 6.87. The van der Waals surface area contributed by atoms with Gasteiger partial charge in [-0.1, -0.05) is 0 Å². The van der Waals surface area contributed by atoms with E-state index in [4.69, 9.17) is 14.7 Å². The van der Waals surface area contributed by atoms with Crippen molar-refractivity contribution in [3.05, 3.63) is 23.8 Å². The maximum atomic E-state index is 12.5. The highest BCUT2D eigenvalue weighted by molar-refractivity contribution is 5.95. The average Bonchev–Trinajstić information content (AvgIpc) is 3.32. The molecule has 0 aromatic heterocycles. The van der Waals surface area contributed by atoms with Gasteiger partial charge in [0.05, 0.1) is 12.5 Å². The molecule has 5 nitrogen and oxygen atoms in total. The van der Waals surface area contributed by atoms with E-state index in [1.165, 1.54) is 0 Å². The fourth-order valence-corrected chi connectivity index (χ4v) is 2.35. The molecule has 1 aliphatic heterocycles. The zero-order valence-corrected chi connectivity index (χ0v) is 11.2. The summed E-state index contributed by atoms with van der Waals surface area (Å²) in [7, 11) is 0. The molecule has 0 N–H and O–H groups in total. The van der Waals surface area contributed by atoms with Gasteiger partial charge in [0.2, 0.25) is 0 Å². The van der Waals surface area contributed by atoms with E-state index >= 15 is 0 Å². The van der Waals surface area contributed by atoms with Crippen LogP contribution in [0, 0.1) is 11.3 Å². The number of rotatable bonds is 4. The SMILES string of the molecule is N#CCCN(C(=O)c1ccc2c(c1)OCCO2)C1CC1. The van der Waals surface area contributed by atoms with Gasteiger partial charge in [-0.05, 0) is 31.0 Å². The lowest BCUT2D eigenvalue weighted by Crippen LogP contribution is -2.34. The topological polar surface area (TPSA) is 62.6 Å². The van der Waals surface area contributed by atoms with Crippen LogP contribution in [0.15, 0.2) is 18.2 Å². The molecule has 1 amide bonds. The minimum atomic E-state index is -0.0280. The summed E-state index contributed by atoms with van der Waals surface area (Å²) in [5.41, 5.74) is 0.596. The summed E-state index contributed by atoms with van der Waals surface area (Å²) in [5.74, 6) is 1.28. The normalized spacial score (nSPS) is 16.4. The van der Waals surface area contributed by atoms with Crippen molar-refractivity contribution < 1.29 is 14.3 Å². The molecule has 3 rings (SSSR count). The highest BCUT2D eigenvalue weighted by Crippen LogP contribution is 2.33. The van der Waals surface area contributed by atoms with Crippen molar-refractivity contribution in [1.82, 2.24) is 4.90 Å². The van der Waals surface area contributed by atoms with Gasteiger partial charge in [-0.3, -0.25) is 4.79 Å². The molecule has 1 heterocycles. The first-order valence-corrected chi connectivity index (χ1v) is 6.87. The van der Waals surface area contributed by atoms with Gasteiger partial charge in [-0.25, -0.2) is 0 Å². The third-order valence-electron chi connectivity index (χ3n) is 3.50. The number of ether oxygens (including phenoxy) is 2. The van der Waals surface area contributed by atoms with Crippen LogP contribution in [0.25, 0.3) is 0 Å². The van der Waals surface area contributed by atoms with Crippen LogP contribution in [0.4, 0.5) is 0 Å². The van der Waals surface area contributed by atoms with E-state index < -0.39 is 0 Å². The average molecular weight is 272 g/mol. The predicted octanol–water partition coefficient (Wildman–Crippen LogP) is 1.98. The molecular weight excluding hydrogens is 256 g/mol. The Balaban J connectivity index is 1.80. The molecule has 0 radical (unpaired) electrons. The molecule has 0 saturated heterocycles. The largest absolute Gasteiger partial charge is 0.486 e. The van der Waals surface area contributed by atoms with E-state index in [-0.39, 0.29) is 5.91 Å². The number of hydrogen-bond acceptors (Lipinski definition) is 4. The molecule has 0 spiro atoms. The number of carbonyl (C=O) groups excluding carboxylic acids is 1. The van der Waals surface area contributed by atoms with Crippen molar-refractivity contribution in [3.63, 3.8) is 0 Å². The summed E-state index contributed by atoms with van der Waals surface area (Å²) in [6.45, 7) is 1.54. The molecule has 104 valence electrons. The van der Waals surface area contributed by atoms with Crippen molar-refractivity contribution in [2.45, 2.75) is 25.3 Å². The Morgan fingerprint density at radius 2 is 2.05 bits per heavy atom. The molecule has 1 fully saturated rings.